The monoisotopic (exact) mass is 312 g/mol. The first-order valence-corrected chi connectivity index (χ1v) is 7.05. The van der Waals surface area contributed by atoms with E-state index in [1.165, 1.54) is 26.0 Å². The first-order valence-electron chi connectivity index (χ1n) is 6.06. The van der Waals surface area contributed by atoms with Gasteiger partial charge in [-0.1, -0.05) is 18.2 Å². The number of carbonyl (C=O) groups is 3. The van der Waals surface area contributed by atoms with Gasteiger partial charge in [0.25, 0.3) is 0 Å². The molecule has 1 aromatic carbocycles. The van der Waals surface area contributed by atoms with Gasteiger partial charge in [0.1, 0.15) is 0 Å². The van der Waals surface area contributed by atoms with Crippen molar-refractivity contribution in [3.63, 3.8) is 0 Å². The maximum atomic E-state index is 11.6. The summed E-state index contributed by atoms with van der Waals surface area (Å²) in [6.45, 7) is -0.410. The molecule has 0 aliphatic carbocycles. The normalized spacial score (nSPS) is 9.81. The second kappa shape index (κ2) is 9.02. The summed E-state index contributed by atoms with van der Waals surface area (Å²) in [6, 6.07) is 7.16. The first kappa shape index (κ1) is 17.0. The molecule has 0 radical (unpaired) electrons. The van der Waals surface area contributed by atoms with Crippen molar-refractivity contribution in [2.45, 2.75) is 11.3 Å². The highest BCUT2D eigenvalue weighted by Crippen LogP contribution is 2.23. The molecule has 0 aromatic heterocycles. The second-order valence-electron chi connectivity index (χ2n) is 3.89. The van der Waals surface area contributed by atoms with E-state index in [2.05, 4.69) is 9.47 Å². The molecule has 1 aromatic rings. The van der Waals surface area contributed by atoms with E-state index in [9.17, 15) is 14.4 Å². The molecule has 0 atom stereocenters. The van der Waals surface area contributed by atoms with Gasteiger partial charge in [0.05, 0.1) is 26.4 Å². The molecule has 0 saturated carbocycles. The van der Waals surface area contributed by atoms with Crippen LogP contribution >= 0.6 is 11.8 Å². The van der Waals surface area contributed by atoms with Gasteiger partial charge in [-0.3, -0.25) is 9.59 Å². The van der Waals surface area contributed by atoms with E-state index < -0.39 is 18.5 Å². The molecule has 0 aliphatic rings. The minimum absolute atomic E-state index is 0.0152. The number of benzene rings is 1. The summed E-state index contributed by atoms with van der Waals surface area (Å²) in [5, 5.41) is 0. The van der Waals surface area contributed by atoms with Gasteiger partial charge < -0.3 is 14.2 Å². The SMILES string of the molecule is COC(=O)COC(=O)Cc1ccccc1SCC(=O)OC. The maximum Gasteiger partial charge on any atom is 0.344 e. The van der Waals surface area contributed by atoms with Gasteiger partial charge in [0, 0.05) is 4.90 Å². The number of carbonyl (C=O) groups excluding carboxylic acids is 3. The van der Waals surface area contributed by atoms with Gasteiger partial charge in [-0.15, -0.1) is 11.8 Å². The van der Waals surface area contributed by atoms with Crippen LogP contribution in [0.5, 0.6) is 0 Å². The molecule has 0 amide bonds. The highest BCUT2D eigenvalue weighted by molar-refractivity contribution is 8.00. The third kappa shape index (κ3) is 6.31. The molecule has 21 heavy (non-hydrogen) atoms. The van der Waals surface area contributed by atoms with Gasteiger partial charge in [-0.2, -0.15) is 0 Å². The Morgan fingerprint density at radius 3 is 2.33 bits per heavy atom. The van der Waals surface area contributed by atoms with Crippen molar-refractivity contribution in [2.75, 3.05) is 26.6 Å². The van der Waals surface area contributed by atoms with Crippen LogP contribution in [0.2, 0.25) is 0 Å². The average Bonchev–Trinajstić information content (AvgIpc) is 2.51. The highest BCUT2D eigenvalue weighted by Gasteiger charge is 2.12. The predicted octanol–water partition coefficient (Wildman–Crippen LogP) is 1.21. The van der Waals surface area contributed by atoms with Gasteiger partial charge in [-0.05, 0) is 11.6 Å². The molecular weight excluding hydrogens is 296 g/mol. The molecule has 0 fully saturated rings. The van der Waals surface area contributed by atoms with Crippen molar-refractivity contribution in [2.24, 2.45) is 0 Å². The van der Waals surface area contributed by atoms with Crippen LogP contribution in [0.25, 0.3) is 0 Å². The summed E-state index contributed by atoms with van der Waals surface area (Å²) in [5.74, 6) is -1.34. The largest absolute Gasteiger partial charge is 0.468 e. The zero-order valence-electron chi connectivity index (χ0n) is 11.8. The fourth-order valence-electron chi connectivity index (χ4n) is 1.39. The number of thioether (sulfide) groups is 1. The van der Waals surface area contributed by atoms with Crippen molar-refractivity contribution in [1.29, 1.82) is 0 Å². The number of methoxy groups -OCH3 is 2. The molecule has 0 N–H and O–H groups in total. The summed E-state index contributed by atoms with van der Waals surface area (Å²) >= 11 is 1.28. The Labute approximate surface area is 126 Å². The Bertz CT molecular complexity index is 514. The number of ether oxygens (including phenoxy) is 3. The van der Waals surface area contributed by atoms with Gasteiger partial charge in [-0.25, -0.2) is 4.79 Å². The van der Waals surface area contributed by atoms with Crippen LogP contribution < -0.4 is 0 Å². The summed E-state index contributed by atoms with van der Waals surface area (Å²) in [5.41, 5.74) is 0.723. The van der Waals surface area contributed by atoms with Crippen LogP contribution in [0.4, 0.5) is 0 Å². The lowest BCUT2D eigenvalue weighted by molar-refractivity contribution is -0.156. The van der Waals surface area contributed by atoms with E-state index in [4.69, 9.17) is 4.74 Å². The Morgan fingerprint density at radius 1 is 1.00 bits per heavy atom. The minimum atomic E-state index is -0.614. The van der Waals surface area contributed by atoms with E-state index in [1.807, 2.05) is 6.07 Å². The minimum Gasteiger partial charge on any atom is -0.468 e. The third-order valence-corrected chi connectivity index (χ3v) is 3.55. The summed E-state index contributed by atoms with van der Waals surface area (Å²) in [4.78, 5) is 34.5. The van der Waals surface area contributed by atoms with E-state index in [0.29, 0.717) is 0 Å². The van der Waals surface area contributed by atoms with Crippen LogP contribution in [0.15, 0.2) is 29.2 Å². The molecular formula is C14H16O6S. The fraction of sp³-hybridized carbons (Fsp3) is 0.357. The van der Waals surface area contributed by atoms with Crippen LogP contribution in [-0.4, -0.2) is 44.5 Å². The summed E-state index contributed by atoms with van der Waals surface area (Å²) < 4.78 is 13.7. The smallest absolute Gasteiger partial charge is 0.344 e. The van der Waals surface area contributed by atoms with Crippen LogP contribution in [0.3, 0.4) is 0 Å². The standard InChI is InChI=1S/C14H16O6S/c1-18-13(16)8-20-12(15)7-10-5-3-4-6-11(10)21-9-14(17)19-2/h3-6H,7-9H2,1-2H3. The highest BCUT2D eigenvalue weighted by atomic mass is 32.2. The number of hydrogen-bond acceptors (Lipinski definition) is 7. The lowest BCUT2D eigenvalue weighted by atomic mass is 10.1. The Morgan fingerprint density at radius 2 is 1.67 bits per heavy atom. The molecule has 0 spiro atoms. The number of rotatable bonds is 7. The van der Waals surface area contributed by atoms with E-state index in [0.717, 1.165) is 10.5 Å². The zero-order chi connectivity index (χ0) is 15.7. The summed E-state index contributed by atoms with van der Waals surface area (Å²) in [7, 11) is 2.54. The molecule has 0 bridgehead atoms. The molecule has 0 unspecified atom stereocenters. The second-order valence-corrected chi connectivity index (χ2v) is 4.90. The fourth-order valence-corrected chi connectivity index (χ4v) is 2.28. The van der Waals surface area contributed by atoms with E-state index in [-0.39, 0.29) is 18.1 Å². The number of esters is 3. The predicted molar refractivity (Wildman–Crippen MR) is 75.9 cm³/mol. The summed E-state index contributed by atoms with van der Waals surface area (Å²) in [6.07, 6.45) is 0.0152. The van der Waals surface area contributed by atoms with Crippen LogP contribution in [0, 0.1) is 0 Å². The van der Waals surface area contributed by atoms with Crippen molar-refractivity contribution in [3.05, 3.63) is 29.8 Å². The molecule has 0 heterocycles. The lowest BCUT2D eigenvalue weighted by Gasteiger charge is -2.08. The van der Waals surface area contributed by atoms with Crippen LogP contribution in [0.1, 0.15) is 5.56 Å². The Kier molecular flexibility index (Phi) is 7.31. The Balaban J connectivity index is 2.59. The van der Waals surface area contributed by atoms with Gasteiger partial charge in [0.15, 0.2) is 6.61 Å². The zero-order valence-corrected chi connectivity index (χ0v) is 12.6. The third-order valence-electron chi connectivity index (χ3n) is 2.46. The van der Waals surface area contributed by atoms with Gasteiger partial charge >= 0.3 is 17.9 Å². The van der Waals surface area contributed by atoms with Crippen molar-refractivity contribution < 1.29 is 28.6 Å². The lowest BCUT2D eigenvalue weighted by Crippen LogP contribution is -2.16. The topological polar surface area (TPSA) is 78.9 Å². The molecule has 114 valence electrons. The van der Waals surface area contributed by atoms with Gasteiger partial charge in [0.2, 0.25) is 0 Å². The average molecular weight is 312 g/mol. The molecule has 0 saturated heterocycles. The van der Waals surface area contributed by atoms with Crippen molar-refractivity contribution >= 4 is 29.7 Å². The van der Waals surface area contributed by atoms with Crippen molar-refractivity contribution in [1.82, 2.24) is 0 Å². The van der Waals surface area contributed by atoms with Crippen LogP contribution in [-0.2, 0) is 35.0 Å². The Hall–Kier alpha value is -2.02. The quantitative estimate of drug-likeness (QED) is 0.425. The van der Waals surface area contributed by atoms with Crippen molar-refractivity contribution in [3.8, 4) is 0 Å². The first-order chi connectivity index (χ1) is 10.1. The van der Waals surface area contributed by atoms with E-state index >= 15 is 0 Å². The number of hydrogen-bond donors (Lipinski definition) is 0. The molecule has 1 rings (SSSR count). The molecule has 0 aliphatic heterocycles. The molecule has 6 nitrogen and oxygen atoms in total. The van der Waals surface area contributed by atoms with E-state index in [1.54, 1.807) is 18.2 Å². The molecule has 7 heteroatoms. The maximum absolute atomic E-state index is 11.6.